The molecular formula is C26H26N4OS. The highest BCUT2D eigenvalue weighted by molar-refractivity contribution is 7.21. The number of hydrogen-bond acceptors (Lipinski definition) is 5. The van der Waals surface area contributed by atoms with E-state index >= 15 is 0 Å². The van der Waals surface area contributed by atoms with Crippen LogP contribution in [0, 0.1) is 6.92 Å². The topological polar surface area (TPSA) is 57.3 Å². The van der Waals surface area contributed by atoms with Gasteiger partial charge in [0, 0.05) is 43.9 Å². The molecule has 1 saturated heterocycles. The summed E-state index contributed by atoms with van der Waals surface area (Å²) in [4.78, 5) is 20.1. The first-order valence-corrected chi connectivity index (χ1v) is 11.8. The Kier molecular flexibility index (Phi) is 5.99. The number of piperazine rings is 1. The number of aryl methyl sites for hydroxylation is 1. The van der Waals surface area contributed by atoms with Crippen molar-refractivity contribution >= 4 is 33.1 Å². The van der Waals surface area contributed by atoms with Crippen molar-refractivity contribution in [2.75, 3.05) is 31.5 Å². The Hall–Kier alpha value is -3.06. The van der Waals surface area contributed by atoms with E-state index in [1.54, 1.807) is 11.3 Å². The molecule has 5 rings (SSSR count). The highest BCUT2D eigenvalue weighted by Crippen LogP contribution is 2.35. The second kappa shape index (κ2) is 9.20. The number of anilines is 1. The smallest absolute Gasteiger partial charge is 0.255 e. The second-order valence-corrected chi connectivity index (χ2v) is 9.24. The first-order chi connectivity index (χ1) is 15.7. The predicted molar refractivity (Wildman–Crippen MR) is 132 cm³/mol. The van der Waals surface area contributed by atoms with Crippen LogP contribution in [0.4, 0.5) is 5.69 Å². The van der Waals surface area contributed by atoms with Crippen molar-refractivity contribution in [2.45, 2.75) is 13.5 Å². The van der Waals surface area contributed by atoms with E-state index in [0.717, 1.165) is 60.1 Å². The number of rotatable bonds is 5. The van der Waals surface area contributed by atoms with Gasteiger partial charge in [0.15, 0.2) is 0 Å². The van der Waals surface area contributed by atoms with Crippen molar-refractivity contribution in [1.29, 1.82) is 0 Å². The number of hydrogen-bond donors (Lipinski definition) is 2. The molecule has 2 N–H and O–H groups in total. The van der Waals surface area contributed by atoms with Gasteiger partial charge in [-0.2, -0.15) is 0 Å². The van der Waals surface area contributed by atoms with E-state index in [0.29, 0.717) is 5.56 Å². The molecule has 0 bridgehead atoms. The van der Waals surface area contributed by atoms with E-state index in [2.05, 4.69) is 33.7 Å². The van der Waals surface area contributed by atoms with Crippen molar-refractivity contribution < 1.29 is 4.79 Å². The number of para-hydroxylation sites is 1. The van der Waals surface area contributed by atoms with E-state index in [1.165, 1.54) is 10.3 Å². The summed E-state index contributed by atoms with van der Waals surface area (Å²) in [5, 5.41) is 7.39. The molecular weight excluding hydrogens is 416 g/mol. The van der Waals surface area contributed by atoms with Crippen LogP contribution in [0.15, 0.2) is 66.7 Å². The van der Waals surface area contributed by atoms with E-state index in [4.69, 9.17) is 4.98 Å². The average molecular weight is 443 g/mol. The molecule has 1 amide bonds. The van der Waals surface area contributed by atoms with Gasteiger partial charge < -0.3 is 10.6 Å². The van der Waals surface area contributed by atoms with Gasteiger partial charge in [0.25, 0.3) is 5.91 Å². The monoisotopic (exact) mass is 442 g/mol. The molecule has 6 heteroatoms. The van der Waals surface area contributed by atoms with E-state index in [1.807, 2.05) is 55.5 Å². The molecule has 2 heterocycles. The van der Waals surface area contributed by atoms with Crippen LogP contribution in [-0.4, -0.2) is 42.0 Å². The number of fused-ring (bicyclic) bond motifs is 1. The molecule has 1 aliphatic rings. The number of carbonyl (C=O) groups excluding carboxylic acids is 1. The second-order valence-electron chi connectivity index (χ2n) is 8.21. The minimum Gasteiger partial charge on any atom is -0.321 e. The zero-order chi connectivity index (χ0) is 21.9. The molecule has 1 fully saturated rings. The maximum absolute atomic E-state index is 12.8. The third-order valence-electron chi connectivity index (χ3n) is 5.79. The average Bonchev–Trinajstić information content (AvgIpc) is 3.24. The lowest BCUT2D eigenvalue weighted by Gasteiger charge is -2.27. The van der Waals surface area contributed by atoms with Crippen molar-refractivity contribution in [3.63, 3.8) is 0 Å². The molecule has 4 aromatic rings. The Balaban J connectivity index is 1.40. The van der Waals surface area contributed by atoms with Crippen molar-refractivity contribution in [1.82, 2.24) is 15.2 Å². The Labute approximate surface area is 192 Å². The summed E-state index contributed by atoms with van der Waals surface area (Å²) < 4.78 is 1.17. The SMILES string of the molecule is Cc1ccc(C(=O)Nc2ccccc2-c2nc3ccc(CN4CCNCC4)cc3s2)cc1. The van der Waals surface area contributed by atoms with Gasteiger partial charge in [0.1, 0.15) is 5.01 Å². The van der Waals surface area contributed by atoms with Crippen molar-refractivity contribution in [3.05, 3.63) is 83.4 Å². The molecule has 1 aliphatic heterocycles. The Morgan fingerprint density at radius 3 is 2.66 bits per heavy atom. The lowest BCUT2D eigenvalue weighted by Crippen LogP contribution is -2.42. The van der Waals surface area contributed by atoms with E-state index < -0.39 is 0 Å². The number of aromatic nitrogens is 1. The van der Waals surface area contributed by atoms with Crippen LogP contribution in [0.2, 0.25) is 0 Å². The summed E-state index contributed by atoms with van der Waals surface area (Å²) in [5.41, 5.74) is 5.81. The molecule has 162 valence electrons. The predicted octanol–water partition coefficient (Wildman–Crippen LogP) is 4.93. The van der Waals surface area contributed by atoms with Gasteiger partial charge in [-0.3, -0.25) is 9.69 Å². The largest absolute Gasteiger partial charge is 0.321 e. The minimum atomic E-state index is -0.114. The molecule has 3 aromatic carbocycles. The van der Waals surface area contributed by atoms with Gasteiger partial charge in [-0.15, -0.1) is 11.3 Å². The summed E-state index contributed by atoms with van der Waals surface area (Å²) in [7, 11) is 0. The number of nitrogens with one attached hydrogen (secondary N) is 2. The molecule has 0 aliphatic carbocycles. The number of benzene rings is 3. The zero-order valence-corrected chi connectivity index (χ0v) is 18.9. The van der Waals surface area contributed by atoms with Crippen LogP contribution < -0.4 is 10.6 Å². The van der Waals surface area contributed by atoms with Gasteiger partial charge >= 0.3 is 0 Å². The van der Waals surface area contributed by atoms with Crippen LogP contribution in [0.1, 0.15) is 21.5 Å². The van der Waals surface area contributed by atoms with Gasteiger partial charge in [0.2, 0.25) is 0 Å². The van der Waals surface area contributed by atoms with Gasteiger partial charge in [-0.05, 0) is 48.9 Å². The molecule has 32 heavy (non-hydrogen) atoms. The van der Waals surface area contributed by atoms with Crippen molar-refractivity contribution in [3.8, 4) is 10.6 Å². The fraction of sp³-hybridized carbons (Fsp3) is 0.231. The Morgan fingerprint density at radius 2 is 1.84 bits per heavy atom. The standard InChI is InChI=1S/C26H26N4OS/c1-18-6-9-20(10-7-18)25(31)28-22-5-3-2-4-21(22)26-29-23-11-8-19(16-24(23)32-26)17-30-14-12-27-13-15-30/h2-11,16,27H,12-15,17H2,1H3,(H,28,31). The Morgan fingerprint density at radius 1 is 1.06 bits per heavy atom. The summed E-state index contributed by atoms with van der Waals surface area (Å²) >= 11 is 1.67. The van der Waals surface area contributed by atoms with E-state index in [-0.39, 0.29) is 5.91 Å². The van der Waals surface area contributed by atoms with Crippen LogP contribution in [0.25, 0.3) is 20.8 Å². The lowest BCUT2D eigenvalue weighted by molar-refractivity contribution is 0.102. The quantitative estimate of drug-likeness (QED) is 0.460. The molecule has 0 spiro atoms. The molecule has 0 atom stereocenters. The summed E-state index contributed by atoms with van der Waals surface area (Å²) in [6.07, 6.45) is 0. The van der Waals surface area contributed by atoms with Gasteiger partial charge in [-0.25, -0.2) is 4.98 Å². The number of nitrogens with zero attached hydrogens (tertiary/aromatic N) is 2. The summed E-state index contributed by atoms with van der Waals surface area (Å²) in [6, 6.07) is 22.0. The molecule has 0 unspecified atom stereocenters. The number of amides is 1. The van der Waals surface area contributed by atoms with Crippen LogP contribution >= 0.6 is 11.3 Å². The molecule has 0 radical (unpaired) electrons. The maximum Gasteiger partial charge on any atom is 0.255 e. The van der Waals surface area contributed by atoms with Crippen LogP contribution in [0.3, 0.4) is 0 Å². The summed E-state index contributed by atoms with van der Waals surface area (Å²) in [6.45, 7) is 7.25. The Bertz CT molecular complexity index is 1240. The molecule has 0 saturated carbocycles. The normalized spacial score (nSPS) is 14.5. The third-order valence-corrected chi connectivity index (χ3v) is 6.84. The van der Waals surface area contributed by atoms with E-state index in [9.17, 15) is 4.79 Å². The maximum atomic E-state index is 12.8. The van der Waals surface area contributed by atoms with Gasteiger partial charge in [-0.1, -0.05) is 35.9 Å². The fourth-order valence-electron chi connectivity index (χ4n) is 3.99. The first kappa shape index (κ1) is 20.8. The third kappa shape index (κ3) is 4.58. The van der Waals surface area contributed by atoms with Crippen molar-refractivity contribution in [2.24, 2.45) is 0 Å². The highest BCUT2D eigenvalue weighted by Gasteiger charge is 2.15. The van der Waals surface area contributed by atoms with Crippen LogP contribution in [-0.2, 0) is 6.54 Å². The summed E-state index contributed by atoms with van der Waals surface area (Å²) in [5.74, 6) is -0.114. The lowest BCUT2D eigenvalue weighted by atomic mass is 10.1. The molecule has 5 nitrogen and oxygen atoms in total. The first-order valence-electron chi connectivity index (χ1n) is 11.0. The highest BCUT2D eigenvalue weighted by atomic mass is 32.1. The minimum absolute atomic E-state index is 0.114. The molecule has 1 aromatic heterocycles. The number of carbonyl (C=O) groups is 1. The fourth-order valence-corrected chi connectivity index (χ4v) is 5.06. The zero-order valence-electron chi connectivity index (χ0n) is 18.1. The van der Waals surface area contributed by atoms with Crippen LogP contribution in [0.5, 0.6) is 0 Å². The van der Waals surface area contributed by atoms with Gasteiger partial charge in [0.05, 0.1) is 15.9 Å². The number of thiazole rings is 1.